The van der Waals surface area contributed by atoms with Crippen LogP contribution in [-0.4, -0.2) is 74.5 Å². The fourth-order valence-electron chi connectivity index (χ4n) is 7.48. The Hall–Kier alpha value is -5.75. The number of rotatable bonds is 15. The quantitative estimate of drug-likeness (QED) is 0.0748. The van der Waals surface area contributed by atoms with Crippen molar-refractivity contribution in [3.05, 3.63) is 149 Å². The molecule has 5 aromatic rings. The number of imide groups is 1. The lowest BCUT2D eigenvalue weighted by atomic mass is 9.80. The van der Waals surface area contributed by atoms with Crippen molar-refractivity contribution in [3.8, 4) is 0 Å². The Balaban J connectivity index is 1.22. The maximum Gasteiger partial charge on any atom is 0.262 e. The molecule has 298 valence electrons. The number of likely N-dealkylation sites (tertiary alicyclic amines) is 2. The van der Waals surface area contributed by atoms with E-state index in [0.29, 0.717) is 11.4 Å². The summed E-state index contributed by atoms with van der Waals surface area (Å²) in [5.74, 6) is -3.27. The van der Waals surface area contributed by atoms with Gasteiger partial charge in [-0.1, -0.05) is 123 Å². The van der Waals surface area contributed by atoms with Gasteiger partial charge >= 0.3 is 0 Å². The van der Waals surface area contributed by atoms with Gasteiger partial charge in [0.15, 0.2) is 24.0 Å². The van der Waals surface area contributed by atoms with Crippen molar-refractivity contribution in [2.75, 3.05) is 0 Å². The zero-order valence-electron chi connectivity index (χ0n) is 32.5. The van der Waals surface area contributed by atoms with Gasteiger partial charge in [-0.3, -0.25) is 33.9 Å². The van der Waals surface area contributed by atoms with Crippen molar-refractivity contribution in [3.63, 3.8) is 0 Å². The number of halogens is 1. The zero-order chi connectivity index (χ0) is 41.0. The molecule has 3 heterocycles. The minimum atomic E-state index is -1.54. The van der Waals surface area contributed by atoms with Crippen molar-refractivity contribution < 1.29 is 33.4 Å². The van der Waals surface area contributed by atoms with Gasteiger partial charge in [0, 0.05) is 34.8 Å². The molecule has 0 aliphatic carbocycles. The first-order valence-electron chi connectivity index (χ1n) is 19.3. The lowest BCUT2D eigenvalue weighted by Gasteiger charge is -2.52. The van der Waals surface area contributed by atoms with Gasteiger partial charge in [0.05, 0.1) is 19.3 Å². The van der Waals surface area contributed by atoms with E-state index in [9.17, 15) is 24.0 Å². The number of benzene rings is 4. The predicted octanol–water partition coefficient (Wildman–Crippen LogP) is 6.24. The number of fused-ring (bicyclic) bond motifs is 1. The molecule has 0 radical (unpaired) electrons. The molecule has 58 heavy (non-hydrogen) atoms. The van der Waals surface area contributed by atoms with Gasteiger partial charge in [-0.05, 0) is 58.7 Å². The molecule has 0 saturated carbocycles. The van der Waals surface area contributed by atoms with Gasteiger partial charge in [-0.15, -0.1) is 0 Å². The summed E-state index contributed by atoms with van der Waals surface area (Å²) in [5, 5.41) is 5.30. The van der Waals surface area contributed by atoms with Crippen LogP contribution in [0.4, 0.5) is 0 Å². The number of ketones is 1. The highest BCUT2D eigenvalue weighted by Crippen LogP contribution is 2.38. The van der Waals surface area contributed by atoms with Gasteiger partial charge in [0.2, 0.25) is 5.91 Å². The number of aromatic nitrogens is 1. The average Bonchev–Trinajstić information content (AvgIpc) is 3.45. The molecule has 2 aliphatic heterocycles. The van der Waals surface area contributed by atoms with E-state index >= 15 is 0 Å². The number of carbonyl (C=O) groups excluding carboxylic acids is 5. The third kappa shape index (κ3) is 8.72. The molecular formula is C46H45ClN4O7. The molecule has 5 unspecified atom stereocenters. The number of ether oxygens (including phenoxy) is 2. The standard InChI is InChI=1S/C46H45ClN4O7/c1-46(2,3)41(52)38(42(53)49-25-30-15-19-35(47)20-16-30)50-36(21-17-29-14-18-34-26-48-23-22-33(34)24-29)37(43(50)54)51-44(55)39(57-27-31-10-6-4-7-11-31)40(45(51)56)58-28-32-12-8-5-9-13-32/h4-16,18-20,22-24,26,36-40H,17,21,25,27-28H2,1-3H3,(H,49,53). The lowest BCUT2D eigenvalue weighted by molar-refractivity contribution is -0.177. The molecule has 4 amide bonds. The summed E-state index contributed by atoms with van der Waals surface area (Å²) in [5.41, 5.74) is 2.20. The second-order valence-electron chi connectivity index (χ2n) is 15.7. The van der Waals surface area contributed by atoms with Crippen molar-refractivity contribution in [2.24, 2.45) is 5.41 Å². The summed E-state index contributed by atoms with van der Waals surface area (Å²) < 4.78 is 12.3. The number of hydrogen-bond donors (Lipinski definition) is 1. The first-order chi connectivity index (χ1) is 27.9. The molecule has 4 aromatic carbocycles. The van der Waals surface area contributed by atoms with Crippen molar-refractivity contribution in [1.82, 2.24) is 20.1 Å². The predicted molar refractivity (Wildman–Crippen MR) is 218 cm³/mol. The maximum atomic E-state index is 14.6. The fraction of sp³-hybridized carbons (Fsp3) is 0.304. The van der Waals surface area contributed by atoms with E-state index < -0.39 is 65.2 Å². The van der Waals surface area contributed by atoms with Crippen LogP contribution in [0.1, 0.15) is 49.4 Å². The molecule has 0 spiro atoms. The average molecular weight is 801 g/mol. The number of carbonyl (C=O) groups is 5. The molecule has 2 fully saturated rings. The van der Waals surface area contributed by atoms with Crippen LogP contribution < -0.4 is 5.32 Å². The van der Waals surface area contributed by atoms with Crippen LogP contribution in [0.5, 0.6) is 0 Å². The fourth-order valence-corrected chi connectivity index (χ4v) is 7.60. The molecule has 7 rings (SSSR count). The Morgan fingerprint density at radius 3 is 1.91 bits per heavy atom. The summed E-state index contributed by atoms with van der Waals surface area (Å²) in [6.45, 7) is 5.18. The largest absolute Gasteiger partial charge is 0.360 e. The smallest absolute Gasteiger partial charge is 0.262 e. The summed E-state index contributed by atoms with van der Waals surface area (Å²) in [4.78, 5) is 78.4. The van der Waals surface area contributed by atoms with Gasteiger partial charge in [-0.25, -0.2) is 0 Å². The monoisotopic (exact) mass is 800 g/mol. The summed E-state index contributed by atoms with van der Waals surface area (Å²) in [7, 11) is 0. The number of β-lactam (4-membered cyclic amide) rings is 1. The zero-order valence-corrected chi connectivity index (χ0v) is 33.3. The molecule has 2 saturated heterocycles. The topological polar surface area (TPSA) is 135 Å². The van der Waals surface area contributed by atoms with Crippen LogP contribution in [0.15, 0.2) is 122 Å². The summed E-state index contributed by atoms with van der Waals surface area (Å²) >= 11 is 6.07. The Morgan fingerprint density at radius 2 is 1.33 bits per heavy atom. The minimum absolute atomic E-state index is 0.0190. The minimum Gasteiger partial charge on any atom is -0.360 e. The normalized spacial score (nSPS) is 20.0. The third-order valence-electron chi connectivity index (χ3n) is 10.6. The highest BCUT2D eigenvalue weighted by Gasteiger charge is 2.63. The molecule has 0 bridgehead atoms. The van der Waals surface area contributed by atoms with Crippen LogP contribution in [0, 0.1) is 5.41 Å². The second-order valence-corrected chi connectivity index (χ2v) is 16.1. The molecule has 11 nitrogen and oxygen atoms in total. The summed E-state index contributed by atoms with van der Waals surface area (Å²) in [6.07, 6.45) is 1.42. The highest BCUT2D eigenvalue weighted by molar-refractivity contribution is 6.30. The van der Waals surface area contributed by atoms with Crippen molar-refractivity contribution >= 4 is 51.8 Å². The number of amides is 4. The van der Waals surface area contributed by atoms with Crippen LogP contribution >= 0.6 is 11.6 Å². The summed E-state index contributed by atoms with van der Waals surface area (Å²) in [6, 6.07) is 29.5. The van der Waals surface area contributed by atoms with E-state index in [-0.39, 0.29) is 26.2 Å². The number of nitrogens with zero attached hydrogens (tertiary/aromatic N) is 3. The molecule has 12 heteroatoms. The highest BCUT2D eigenvalue weighted by atomic mass is 35.5. The molecule has 1 aromatic heterocycles. The Labute approximate surface area is 342 Å². The Bertz CT molecular complexity index is 2240. The Kier molecular flexibility index (Phi) is 12.1. The van der Waals surface area contributed by atoms with E-state index in [0.717, 1.165) is 37.9 Å². The van der Waals surface area contributed by atoms with Crippen LogP contribution in [0.2, 0.25) is 5.02 Å². The number of aryl methyl sites for hydroxylation is 1. The van der Waals surface area contributed by atoms with Crippen LogP contribution in [-0.2, 0) is 59.6 Å². The second kappa shape index (κ2) is 17.4. The molecule has 5 atom stereocenters. The molecule has 2 aliphatic rings. The van der Waals surface area contributed by atoms with Crippen molar-refractivity contribution in [1.29, 1.82) is 0 Å². The molecular weight excluding hydrogens is 756 g/mol. The van der Waals surface area contributed by atoms with E-state index in [1.807, 2.05) is 84.9 Å². The van der Waals surface area contributed by atoms with E-state index in [1.54, 1.807) is 57.4 Å². The van der Waals surface area contributed by atoms with Crippen molar-refractivity contribution in [2.45, 2.75) is 83.7 Å². The first kappa shape index (κ1) is 40.4. The van der Waals surface area contributed by atoms with E-state index in [4.69, 9.17) is 21.1 Å². The maximum absolute atomic E-state index is 14.6. The van der Waals surface area contributed by atoms with Crippen LogP contribution in [0.25, 0.3) is 10.8 Å². The number of pyridine rings is 1. The van der Waals surface area contributed by atoms with Gasteiger partial charge in [0.1, 0.15) is 6.04 Å². The van der Waals surface area contributed by atoms with Crippen LogP contribution in [0.3, 0.4) is 0 Å². The van der Waals surface area contributed by atoms with Gasteiger partial charge < -0.3 is 19.7 Å². The SMILES string of the molecule is CC(C)(C)C(=O)C(C(=O)NCc1ccc(Cl)cc1)N1C(=O)C(N2C(=O)C(OCc3ccccc3)C(OCc3ccccc3)C2=O)C1CCc1ccc2cnccc2c1. The third-order valence-corrected chi connectivity index (χ3v) is 10.9. The first-order valence-corrected chi connectivity index (χ1v) is 19.7. The Morgan fingerprint density at radius 1 is 0.741 bits per heavy atom. The lowest BCUT2D eigenvalue weighted by Crippen LogP contribution is -2.77. The molecule has 1 N–H and O–H groups in total. The van der Waals surface area contributed by atoms with E-state index in [1.165, 1.54) is 4.90 Å². The number of nitrogens with one attached hydrogen (secondary N) is 1. The van der Waals surface area contributed by atoms with Gasteiger partial charge in [0.25, 0.3) is 17.7 Å². The number of Topliss-reactive ketones (excluding diaryl/α,β-unsaturated/α-hetero) is 1. The number of hydrogen-bond acceptors (Lipinski definition) is 8. The van der Waals surface area contributed by atoms with Gasteiger partial charge in [-0.2, -0.15) is 0 Å². The van der Waals surface area contributed by atoms with E-state index in [2.05, 4.69) is 10.3 Å².